The third-order valence-corrected chi connectivity index (χ3v) is 8.17. The van der Waals surface area contributed by atoms with Crippen LogP contribution in [-0.2, 0) is 32.9 Å². The quantitative estimate of drug-likeness (QED) is 0.162. The SMILES string of the molecule is [2H]C([2H])(c1ccc(-c2ccnc(-c3[c-]cccc3)c2)cc1)C(C)(C)C.[2H]C([2H])(c1ccc2ccc3c4cc[c-]c(-c5ccccn5)c4oc3c2n1)C(C)(C)C.[Ir]. The number of pyridine rings is 3. The summed E-state index contributed by atoms with van der Waals surface area (Å²) >= 11 is 0. The van der Waals surface area contributed by atoms with Crippen LogP contribution in [0.4, 0.5) is 0 Å². The Labute approximate surface area is 326 Å². The first kappa shape index (κ1) is 31.7. The largest absolute Gasteiger partial charge is 0.498 e. The van der Waals surface area contributed by atoms with Gasteiger partial charge in [-0.05, 0) is 69.9 Å². The van der Waals surface area contributed by atoms with Gasteiger partial charge in [0.15, 0.2) is 0 Å². The minimum atomic E-state index is -1.58. The molecule has 0 aliphatic rings. The molecule has 4 heterocycles. The minimum Gasteiger partial charge on any atom is -0.498 e. The molecule has 0 saturated carbocycles. The van der Waals surface area contributed by atoms with Gasteiger partial charge in [-0.15, -0.1) is 54.1 Å². The van der Waals surface area contributed by atoms with Crippen molar-refractivity contribution in [3.8, 4) is 33.6 Å². The molecule has 4 aromatic carbocycles. The third-order valence-electron chi connectivity index (χ3n) is 8.17. The van der Waals surface area contributed by atoms with Crippen molar-refractivity contribution in [1.82, 2.24) is 15.0 Å². The maximum Gasteiger partial charge on any atom is 0.147 e. The van der Waals surface area contributed by atoms with E-state index in [2.05, 4.69) is 22.1 Å². The van der Waals surface area contributed by atoms with Crippen LogP contribution in [0.2, 0.25) is 0 Å². The van der Waals surface area contributed by atoms with Gasteiger partial charge >= 0.3 is 0 Å². The Balaban J connectivity index is 0.000000190. The van der Waals surface area contributed by atoms with Crippen LogP contribution in [0, 0.1) is 23.0 Å². The van der Waals surface area contributed by atoms with Crippen LogP contribution in [0.1, 0.15) is 58.3 Å². The molecule has 263 valence electrons. The minimum absolute atomic E-state index is 0. The first-order valence-electron chi connectivity index (χ1n) is 19.2. The number of rotatable bonds is 5. The van der Waals surface area contributed by atoms with Crippen molar-refractivity contribution in [3.05, 3.63) is 151 Å². The Kier molecular flexibility index (Phi) is 9.36. The Bertz CT molecular complexity index is 2610. The molecule has 8 aromatic rings. The summed E-state index contributed by atoms with van der Waals surface area (Å²) in [7, 11) is 0. The van der Waals surface area contributed by atoms with Crippen LogP contribution in [-0.4, -0.2) is 15.0 Å². The van der Waals surface area contributed by atoms with E-state index in [1.807, 2.05) is 151 Å². The fourth-order valence-corrected chi connectivity index (χ4v) is 6.03. The van der Waals surface area contributed by atoms with Gasteiger partial charge in [-0.1, -0.05) is 113 Å². The van der Waals surface area contributed by atoms with E-state index in [1.165, 1.54) is 0 Å². The van der Waals surface area contributed by atoms with E-state index >= 15 is 0 Å². The first-order chi connectivity index (χ1) is 26.1. The molecule has 4 nitrogen and oxygen atoms in total. The van der Waals surface area contributed by atoms with Crippen LogP contribution in [0.3, 0.4) is 0 Å². The van der Waals surface area contributed by atoms with Gasteiger partial charge in [0.05, 0.1) is 5.58 Å². The van der Waals surface area contributed by atoms with E-state index in [4.69, 9.17) is 14.9 Å². The van der Waals surface area contributed by atoms with Crippen molar-refractivity contribution >= 4 is 32.8 Å². The summed E-state index contributed by atoms with van der Waals surface area (Å²) in [6.45, 7) is 11.4. The molecule has 0 saturated heterocycles. The molecule has 52 heavy (non-hydrogen) atoms. The molecule has 0 fully saturated rings. The van der Waals surface area contributed by atoms with Crippen LogP contribution in [0.15, 0.2) is 132 Å². The summed E-state index contributed by atoms with van der Waals surface area (Å²) in [5, 5.41) is 2.83. The second-order valence-corrected chi connectivity index (χ2v) is 14.7. The summed E-state index contributed by atoms with van der Waals surface area (Å²) < 4.78 is 40.4. The predicted octanol–water partition coefficient (Wildman–Crippen LogP) is 12.4. The normalized spacial score (nSPS) is 13.3. The van der Waals surface area contributed by atoms with Crippen LogP contribution in [0.25, 0.3) is 66.5 Å². The fraction of sp³-hybridized carbons (Fsp3) is 0.213. The molecule has 1 radical (unpaired) electrons. The van der Waals surface area contributed by atoms with Crippen LogP contribution in [0.5, 0.6) is 0 Å². The maximum absolute atomic E-state index is 8.62. The van der Waals surface area contributed by atoms with Crippen molar-refractivity contribution in [2.45, 2.75) is 54.3 Å². The molecule has 4 aromatic heterocycles. The zero-order chi connectivity index (χ0) is 39.2. The number of nitrogens with zero attached hydrogens (tertiary/aromatic N) is 3. The average molecular weight is 862 g/mol. The summed E-state index contributed by atoms with van der Waals surface area (Å²) in [6.07, 6.45) is 0.590. The second kappa shape index (κ2) is 15.3. The van der Waals surface area contributed by atoms with Gasteiger partial charge in [0.2, 0.25) is 0 Å². The van der Waals surface area contributed by atoms with Gasteiger partial charge in [-0.2, -0.15) is 0 Å². The zero-order valence-corrected chi connectivity index (χ0v) is 32.6. The number of aromatic nitrogens is 3. The standard InChI is InChI=1S/C25H21N2O.C22H22N.Ir/c1-25(2,3)15-17-12-10-16-11-13-19-18-7-6-8-20(21-9-4-5-14-26-21)23(18)28-24(19)22(16)27-17;1-22(2,3)16-17-9-11-18(12-10-17)20-13-14-23-21(15-20)19-7-5-4-6-8-19;/h4-7,9-14H,15H2,1-3H3;4-7,9-15H,16H2,1-3H3;/q2*-1;/i15D2;16D2;. The van der Waals surface area contributed by atoms with Crippen molar-refractivity contribution < 1.29 is 30.0 Å². The van der Waals surface area contributed by atoms with Crippen molar-refractivity contribution in [2.24, 2.45) is 10.8 Å². The smallest absolute Gasteiger partial charge is 0.147 e. The average Bonchev–Trinajstić information content (AvgIpc) is 3.57. The molecule has 5 heteroatoms. The van der Waals surface area contributed by atoms with E-state index in [-0.39, 0.29) is 20.1 Å². The van der Waals surface area contributed by atoms with Gasteiger partial charge in [0.1, 0.15) is 11.1 Å². The van der Waals surface area contributed by atoms with Gasteiger partial charge in [0, 0.05) is 54.4 Å². The fourth-order valence-electron chi connectivity index (χ4n) is 6.03. The summed E-state index contributed by atoms with van der Waals surface area (Å²) in [4.78, 5) is 13.6. The maximum atomic E-state index is 8.62. The predicted molar refractivity (Wildman–Crippen MR) is 211 cm³/mol. The number of benzene rings is 4. The van der Waals surface area contributed by atoms with E-state index in [0.717, 1.165) is 49.8 Å². The first-order valence-corrected chi connectivity index (χ1v) is 17.2. The molecule has 0 amide bonds. The number of hydrogen-bond donors (Lipinski definition) is 0. The number of hydrogen-bond acceptors (Lipinski definition) is 4. The van der Waals surface area contributed by atoms with Gasteiger partial charge < -0.3 is 14.4 Å². The Morgan fingerprint density at radius 2 is 1.37 bits per heavy atom. The number of fused-ring (bicyclic) bond motifs is 5. The van der Waals surface area contributed by atoms with Crippen molar-refractivity contribution in [1.29, 1.82) is 0 Å². The molecule has 0 spiro atoms. The molecule has 0 aliphatic heterocycles. The topological polar surface area (TPSA) is 51.8 Å². The number of furan rings is 1. The third kappa shape index (κ3) is 8.56. The molecular weight excluding hydrogens is 815 g/mol. The Morgan fingerprint density at radius 3 is 2.08 bits per heavy atom. The van der Waals surface area contributed by atoms with E-state index in [9.17, 15) is 0 Å². The molecular formula is C47H43IrN3O-2. The zero-order valence-electron chi connectivity index (χ0n) is 34.2. The van der Waals surface area contributed by atoms with E-state index in [1.54, 1.807) is 18.5 Å². The Hall–Kier alpha value is -4.96. The Morgan fingerprint density at radius 1 is 0.635 bits per heavy atom. The van der Waals surface area contributed by atoms with Crippen molar-refractivity contribution in [2.75, 3.05) is 0 Å². The van der Waals surface area contributed by atoms with Gasteiger partial charge in [-0.3, -0.25) is 0 Å². The molecule has 0 atom stereocenters. The molecule has 0 bridgehead atoms. The summed E-state index contributed by atoms with van der Waals surface area (Å²) in [6, 6.07) is 43.3. The molecule has 0 aliphatic carbocycles. The van der Waals surface area contributed by atoms with Crippen LogP contribution < -0.4 is 0 Å². The van der Waals surface area contributed by atoms with E-state index in [0.29, 0.717) is 27.9 Å². The van der Waals surface area contributed by atoms with Gasteiger partial charge in [-0.25, -0.2) is 4.98 Å². The van der Waals surface area contributed by atoms with Crippen LogP contribution >= 0.6 is 0 Å². The summed E-state index contributed by atoms with van der Waals surface area (Å²) in [5.74, 6) is 0. The molecule has 0 unspecified atom stereocenters. The second-order valence-electron chi connectivity index (χ2n) is 14.7. The molecule has 8 rings (SSSR count). The summed E-state index contributed by atoms with van der Waals surface area (Å²) in [5.41, 5.74) is 7.66. The van der Waals surface area contributed by atoms with E-state index < -0.39 is 23.6 Å². The monoisotopic (exact) mass is 862 g/mol. The molecule has 0 N–H and O–H groups in total. The van der Waals surface area contributed by atoms with Crippen molar-refractivity contribution in [3.63, 3.8) is 0 Å². The van der Waals surface area contributed by atoms with Gasteiger partial charge in [0.25, 0.3) is 0 Å².